The Morgan fingerprint density at radius 2 is 2.17 bits per heavy atom. The fourth-order valence-corrected chi connectivity index (χ4v) is 3.94. The number of rotatable bonds is 4. The Hall–Kier alpha value is -1.14. The lowest BCUT2D eigenvalue weighted by Gasteiger charge is -2.25. The van der Waals surface area contributed by atoms with Crippen molar-refractivity contribution in [3.63, 3.8) is 0 Å². The van der Waals surface area contributed by atoms with E-state index in [4.69, 9.17) is 4.74 Å². The summed E-state index contributed by atoms with van der Waals surface area (Å²) in [5.41, 5.74) is 0.664. The van der Waals surface area contributed by atoms with Crippen LogP contribution in [-0.2, 0) is 4.74 Å². The van der Waals surface area contributed by atoms with E-state index in [9.17, 15) is 4.79 Å². The van der Waals surface area contributed by atoms with Gasteiger partial charge in [0.2, 0.25) is 0 Å². The number of ether oxygens (including phenoxy) is 1. The van der Waals surface area contributed by atoms with Crippen LogP contribution >= 0.6 is 11.3 Å². The van der Waals surface area contributed by atoms with Gasteiger partial charge in [-0.1, -0.05) is 0 Å². The first-order valence-electron chi connectivity index (χ1n) is 8.48. The van der Waals surface area contributed by atoms with Crippen LogP contribution in [0.4, 0.5) is 4.79 Å². The quantitative estimate of drug-likeness (QED) is 0.913. The molecule has 1 saturated carbocycles. The molecule has 1 aliphatic heterocycles. The number of aryl methyl sites for hydroxylation is 1. The number of amides is 1. The van der Waals surface area contributed by atoms with E-state index < -0.39 is 5.60 Å². The number of carbonyl (C=O) groups excluding carboxylic acids is 1. The highest BCUT2D eigenvalue weighted by molar-refractivity contribution is 7.09. The number of carbonyl (C=O) groups is 1. The molecular weight excluding hydrogens is 310 g/mol. The zero-order chi connectivity index (χ0) is 16.6. The summed E-state index contributed by atoms with van der Waals surface area (Å²) < 4.78 is 5.47. The Morgan fingerprint density at radius 3 is 2.74 bits per heavy atom. The van der Waals surface area contributed by atoms with Crippen LogP contribution in [0.5, 0.6) is 0 Å². The maximum absolute atomic E-state index is 12.2. The Balaban J connectivity index is 1.57. The van der Waals surface area contributed by atoms with Gasteiger partial charge in [0, 0.05) is 30.2 Å². The zero-order valence-electron chi connectivity index (χ0n) is 14.5. The summed E-state index contributed by atoms with van der Waals surface area (Å²) in [4.78, 5) is 18.7. The van der Waals surface area contributed by atoms with Crippen LogP contribution in [0, 0.1) is 12.8 Å². The molecule has 2 aliphatic rings. The van der Waals surface area contributed by atoms with Crippen molar-refractivity contribution in [1.82, 2.24) is 15.2 Å². The Bertz CT molecular complexity index is 562. The van der Waals surface area contributed by atoms with Crippen LogP contribution in [0.3, 0.4) is 0 Å². The monoisotopic (exact) mass is 337 g/mol. The van der Waals surface area contributed by atoms with Crippen molar-refractivity contribution in [3.05, 3.63) is 16.1 Å². The van der Waals surface area contributed by atoms with E-state index in [0.717, 1.165) is 25.2 Å². The topological polar surface area (TPSA) is 54.5 Å². The molecule has 0 bridgehead atoms. The lowest BCUT2D eigenvalue weighted by Crippen LogP contribution is -2.39. The van der Waals surface area contributed by atoms with Gasteiger partial charge in [0.1, 0.15) is 10.6 Å². The van der Waals surface area contributed by atoms with Gasteiger partial charge in [-0.25, -0.2) is 9.78 Å². The zero-order valence-corrected chi connectivity index (χ0v) is 15.3. The van der Waals surface area contributed by atoms with Crippen molar-refractivity contribution < 1.29 is 9.53 Å². The van der Waals surface area contributed by atoms with Crippen molar-refractivity contribution in [1.29, 1.82) is 0 Å². The van der Waals surface area contributed by atoms with Gasteiger partial charge in [-0.15, -0.1) is 11.3 Å². The first-order chi connectivity index (χ1) is 10.8. The van der Waals surface area contributed by atoms with E-state index in [-0.39, 0.29) is 6.09 Å². The third kappa shape index (κ3) is 4.44. The van der Waals surface area contributed by atoms with Gasteiger partial charge < -0.3 is 15.0 Å². The summed E-state index contributed by atoms with van der Waals surface area (Å²) in [6.45, 7) is 9.26. The molecule has 6 heteroatoms. The molecule has 0 unspecified atom stereocenters. The van der Waals surface area contributed by atoms with Gasteiger partial charge >= 0.3 is 6.09 Å². The normalized spacial score (nSPS) is 23.1. The molecule has 1 N–H and O–H groups in total. The Labute approximate surface area is 142 Å². The lowest BCUT2D eigenvalue weighted by atomic mass is 10.1. The smallest absolute Gasteiger partial charge is 0.410 e. The number of thiazole rings is 1. The molecule has 3 rings (SSSR count). The second-order valence-electron chi connectivity index (χ2n) is 7.72. The molecule has 5 nitrogen and oxygen atoms in total. The van der Waals surface area contributed by atoms with Crippen molar-refractivity contribution in [2.24, 2.45) is 5.92 Å². The summed E-state index contributed by atoms with van der Waals surface area (Å²) >= 11 is 1.75. The van der Waals surface area contributed by atoms with Crippen molar-refractivity contribution in [3.8, 4) is 0 Å². The molecule has 2 heterocycles. The predicted molar refractivity (Wildman–Crippen MR) is 91.7 cm³/mol. The largest absolute Gasteiger partial charge is 0.444 e. The molecule has 23 heavy (non-hydrogen) atoms. The highest BCUT2D eigenvalue weighted by Crippen LogP contribution is 2.42. The van der Waals surface area contributed by atoms with E-state index in [1.54, 1.807) is 11.3 Å². The molecule has 1 amide bonds. The highest BCUT2D eigenvalue weighted by Gasteiger charge is 2.37. The summed E-state index contributed by atoms with van der Waals surface area (Å²) in [5.74, 6) is 0.705. The third-order valence-corrected chi connectivity index (χ3v) is 5.30. The summed E-state index contributed by atoms with van der Waals surface area (Å²) in [6, 6.07) is 0.676. The minimum absolute atomic E-state index is 0.199. The fraction of sp³-hybridized carbons (Fsp3) is 0.765. The highest BCUT2D eigenvalue weighted by atomic mass is 32.1. The fourth-order valence-electron chi connectivity index (χ4n) is 3.00. The maximum Gasteiger partial charge on any atom is 0.410 e. The van der Waals surface area contributed by atoms with Gasteiger partial charge in [-0.3, -0.25) is 0 Å². The van der Waals surface area contributed by atoms with E-state index >= 15 is 0 Å². The molecule has 2 atom stereocenters. The van der Waals surface area contributed by atoms with Gasteiger partial charge in [0.25, 0.3) is 0 Å². The van der Waals surface area contributed by atoms with Crippen molar-refractivity contribution in [2.45, 2.75) is 64.6 Å². The Kier molecular flexibility index (Phi) is 4.65. The number of nitrogens with zero attached hydrogens (tertiary/aromatic N) is 2. The van der Waals surface area contributed by atoms with E-state index in [1.807, 2.05) is 32.6 Å². The standard InChI is InChI=1S/C17H27N3O2S/c1-11-10-23-15(18-11)14(12-5-6-12)19-13-7-8-20(9-13)16(21)22-17(2,3)4/h10,12-14,19H,5-9H2,1-4H3/t13-,14+/m0/s1. The number of nitrogens with one attached hydrogen (secondary N) is 1. The molecule has 1 aromatic rings. The summed E-state index contributed by atoms with van der Waals surface area (Å²) in [5, 5.41) is 7.07. The average Bonchev–Trinajstić information content (AvgIpc) is 3.01. The van der Waals surface area contributed by atoms with Crippen LogP contribution < -0.4 is 5.32 Å². The molecule has 1 aliphatic carbocycles. The van der Waals surface area contributed by atoms with E-state index in [1.165, 1.54) is 17.8 Å². The number of hydrogen-bond acceptors (Lipinski definition) is 5. The molecule has 1 saturated heterocycles. The minimum atomic E-state index is -0.433. The second kappa shape index (κ2) is 6.40. The van der Waals surface area contributed by atoms with Crippen LogP contribution in [0.2, 0.25) is 0 Å². The molecule has 2 fully saturated rings. The summed E-state index contributed by atoms with van der Waals surface area (Å²) in [7, 11) is 0. The van der Waals surface area contributed by atoms with Gasteiger partial charge in [0.05, 0.1) is 6.04 Å². The van der Waals surface area contributed by atoms with Crippen LogP contribution in [0.15, 0.2) is 5.38 Å². The number of likely N-dealkylation sites (tertiary alicyclic amines) is 1. The van der Waals surface area contributed by atoms with Gasteiger partial charge in [-0.05, 0) is 52.9 Å². The average molecular weight is 337 g/mol. The Morgan fingerprint density at radius 1 is 1.43 bits per heavy atom. The summed E-state index contributed by atoms with van der Waals surface area (Å²) in [6.07, 6.45) is 3.33. The number of aromatic nitrogens is 1. The predicted octanol–water partition coefficient (Wildman–Crippen LogP) is 3.50. The first kappa shape index (κ1) is 16.7. The van der Waals surface area contributed by atoms with Crippen LogP contribution in [0.25, 0.3) is 0 Å². The third-order valence-electron chi connectivity index (χ3n) is 4.25. The van der Waals surface area contributed by atoms with Crippen LogP contribution in [0.1, 0.15) is 56.8 Å². The molecule has 0 aromatic carbocycles. The maximum atomic E-state index is 12.2. The molecule has 1 aromatic heterocycles. The minimum Gasteiger partial charge on any atom is -0.444 e. The van der Waals surface area contributed by atoms with E-state index in [0.29, 0.717) is 18.0 Å². The van der Waals surface area contributed by atoms with Gasteiger partial charge in [0.15, 0.2) is 0 Å². The van der Waals surface area contributed by atoms with Crippen LogP contribution in [-0.4, -0.2) is 40.7 Å². The molecule has 0 radical (unpaired) electrons. The second-order valence-corrected chi connectivity index (χ2v) is 8.61. The first-order valence-corrected chi connectivity index (χ1v) is 9.36. The molecular formula is C17H27N3O2S. The van der Waals surface area contributed by atoms with Crippen molar-refractivity contribution in [2.75, 3.05) is 13.1 Å². The lowest BCUT2D eigenvalue weighted by molar-refractivity contribution is 0.0290. The van der Waals surface area contributed by atoms with E-state index in [2.05, 4.69) is 15.7 Å². The molecule has 0 spiro atoms. The van der Waals surface area contributed by atoms with Gasteiger partial charge in [-0.2, -0.15) is 0 Å². The van der Waals surface area contributed by atoms with Crippen molar-refractivity contribution >= 4 is 17.4 Å². The SMILES string of the molecule is Cc1csc([C@H](N[C@H]2CCN(C(=O)OC(C)(C)C)C2)C2CC2)n1. The molecule has 128 valence electrons. The number of hydrogen-bond donors (Lipinski definition) is 1.